The molecule has 0 bridgehead atoms. The van der Waals surface area contributed by atoms with Gasteiger partial charge >= 0.3 is 5.97 Å². The van der Waals surface area contributed by atoms with Crippen molar-refractivity contribution in [2.75, 3.05) is 0 Å². The number of aromatic carboxylic acids is 1. The Balaban J connectivity index is 2.24. The van der Waals surface area contributed by atoms with Crippen LogP contribution in [0.15, 0.2) is 36.5 Å². The molecule has 2 aromatic heterocycles. The van der Waals surface area contributed by atoms with Gasteiger partial charge in [-0.15, -0.1) is 0 Å². The van der Waals surface area contributed by atoms with Gasteiger partial charge in [0.05, 0.1) is 29.1 Å². The van der Waals surface area contributed by atoms with E-state index in [0.717, 1.165) is 22.5 Å². The SMILES string of the molecule is CCc1cc(-n2c(C)c(C#N)c(-c3ccc(C#N)cc3)c2C)cnc1C(=O)O. The standard InChI is InChI=1S/C22H18N4O2/c1-4-16-9-18(12-25-21(16)22(27)28)26-13(2)19(11-24)20(14(26)3)17-7-5-15(10-23)6-8-17/h5-9,12H,4H2,1-3H3,(H,27,28). The molecule has 0 aliphatic rings. The number of aryl methyl sites for hydroxylation is 1. The molecule has 0 radical (unpaired) electrons. The minimum Gasteiger partial charge on any atom is -0.477 e. The molecule has 1 N–H and O–H groups in total. The molecule has 0 aliphatic heterocycles. The fourth-order valence-corrected chi connectivity index (χ4v) is 3.51. The second kappa shape index (κ2) is 7.38. The smallest absolute Gasteiger partial charge is 0.354 e. The van der Waals surface area contributed by atoms with E-state index in [1.54, 1.807) is 18.2 Å². The number of aromatic nitrogens is 2. The van der Waals surface area contributed by atoms with Crippen LogP contribution in [0.5, 0.6) is 0 Å². The van der Waals surface area contributed by atoms with Crippen molar-refractivity contribution < 1.29 is 9.90 Å². The maximum Gasteiger partial charge on any atom is 0.354 e. The van der Waals surface area contributed by atoms with Crippen LogP contribution >= 0.6 is 0 Å². The Hall–Kier alpha value is -3.90. The molecule has 1 aromatic carbocycles. The van der Waals surface area contributed by atoms with E-state index in [-0.39, 0.29) is 5.69 Å². The molecule has 0 unspecified atom stereocenters. The predicted molar refractivity (Wildman–Crippen MR) is 104 cm³/mol. The van der Waals surface area contributed by atoms with Gasteiger partial charge in [0.15, 0.2) is 5.69 Å². The van der Waals surface area contributed by atoms with E-state index in [9.17, 15) is 15.2 Å². The van der Waals surface area contributed by atoms with Gasteiger partial charge in [0.25, 0.3) is 0 Å². The van der Waals surface area contributed by atoms with Crippen LogP contribution in [0.1, 0.15) is 45.5 Å². The van der Waals surface area contributed by atoms with Crippen LogP contribution in [-0.4, -0.2) is 20.6 Å². The van der Waals surface area contributed by atoms with Crippen LogP contribution in [0.2, 0.25) is 0 Å². The minimum absolute atomic E-state index is 0.0431. The van der Waals surface area contributed by atoms with E-state index in [1.807, 2.05) is 37.5 Å². The number of carbonyl (C=O) groups is 1. The van der Waals surface area contributed by atoms with E-state index in [4.69, 9.17) is 5.26 Å². The highest BCUT2D eigenvalue weighted by Gasteiger charge is 2.21. The maximum atomic E-state index is 11.4. The van der Waals surface area contributed by atoms with Gasteiger partial charge in [0, 0.05) is 17.0 Å². The quantitative estimate of drug-likeness (QED) is 0.743. The Kier molecular flexibility index (Phi) is 4.98. The van der Waals surface area contributed by atoms with Crippen molar-refractivity contribution >= 4 is 5.97 Å². The van der Waals surface area contributed by atoms with Gasteiger partial charge in [-0.1, -0.05) is 19.1 Å². The Morgan fingerprint density at radius 3 is 2.36 bits per heavy atom. The first-order chi connectivity index (χ1) is 13.4. The number of nitriles is 2. The molecular formula is C22H18N4O2. The summed E-state index contributed by atoms with van der Waals surface area (Å²) in [6.07, 6.45) is 2.06. The third-order valence-electron chi connectivity index (χ3n) is 4.85. The van der Waals surface area contributed by atoms with Crippen molar-refractivity contribution in [3.05, 3.63) is 70.3 Å². The normalized spacial score (nSPS) is 10.3. The van der Waals surface area contributed by atoms with Crippen molar-refractivity contribution in [2.24, 2.45) is 0 Å². The zero-order chi connectivity index (χ0) is 20.4. The van der Waals surface area contributed by atoms with Crippen LogP contribution in [0.3, 0.4) is 0 Å². The Morgan fingerprint density at radius 1 is 1.14 bits per heavy atom. The minimum atomic E-state index is -1.06. The highest BCUT2D eigenvalue weighted by molar-refractivity contribution is 5.87. The first-order valence-electron chi connectivity index (χ1n) is 8.78. The first kappa shape index (κ1) is 18.9. The molecule has 0 amide bonds. The van der Waals surface area contributed by atoms with Crippen LogP contribution in [0, 0.1) is 36.5 Å². The second-order valence-electron chi connectivity index (χ2n) is 6.42. The van der Waals surface area contributed by atoms with E-state index < -0.39 is 5.97 Å². The molecule has 138 valence electrons. The number of carboxylic acids is 1. The first-order valence-corrected chi connectivity index (χ1v) is 8.78. The van der Waals surface area contributed by atoms with Crippen molar-refractivity contribution in [2.45, 2.75) is 27.2 Å². The van der Waals surface area contributed by atoms with Crippen molar-refractivity contribution in [1.29, 1.82) is 10.5 Å². The summed E-state index contributed by atoms with van der Waals surface area (Å²) >= 11 is 0. The van der Waals surface area contributed by atoms with Gasteiger partial charge in [-0.25, -0.2) is 9.78 Å². The molecule has 0 saturated heterocycles. The summed E-state index contributed by atoms with van der Waals surface area (Å²) in [5, 5.41) is 28.1. The second-order valence-corrected chi connectivity index (χ2v) is 6.42. The molecule has 3 rings (SSSR count). The number of nitrogens with zero attached hydrogens (tertiary/aromatic N) is 4. The lowest BCUT2D eigenvalue weighted by Gasteiger charge is -2.12. The Labute approximate surface area is 162 Å². The average molecular weight is 370 g/mol. The number of rotatable bonds is 4. The van der Waals surface area contributed by atoms with Gasteiger partial charge in [0.1, 0.15) is 6.07 Å². The zero-order valence-electron chi connectivity index (χ0n) is 15.8. The number of carboxylic acid groups (broad SMARTS) is 1. The molecule has 6 nitrogen and oxygen atoms in total. The van der Waals surface area contributed by atoms with E-state index in [0.29, 0.717) is 28.8 Å². The third-order valence-corrected chi connectivity index (χ3v) is 4.85. The number of hydrogen-bond acceptors (Lipinski definition) is 4. The molecule has 0 spiro atoms. The highest BCUT2D eigenvalue weighted by Crippen LogP contribution is 2.34. The third kappa shape index (κ3) is 3.02. The number of benzene rings is 1. The van der Waals surface area contributed by atoms with Crippen LogP contribution in [0.25, 0.3) is 16.8 Å². The molecule has 2 heterocycles. The maximum absolute atomic E-state index is 11.4. The summed E-state index contributed by atoms with van der Waals surface area (Å²) in [6, 6.07) is 13.3. The summed E-state index contributed by atoms with van der Waals surface area (Å²) in [7, 11) is 0. The fourth-order valence-electron chi connectivity index (χ4n) is 3.51. The van der Waals surface area contributed by atoms with Crippen molar-refractivity contribution in [3.63, 3.8) is 0 Å². The van der Waals surface area contributed by atoms with E-state index in [1.165, 1.54) is 6.20 Å². The molecular weight excluding hydrogens is 352 g/mol. The summed E-state index contributed by atoms with van der Waals surface area (Å²) in [4.78, 5) is 15.5. The van der Waals surface area contributed by atoms with Gasteiger partial charge in [-0.3, -0.25) is 0 Å². The van der Waals surface area contributed by atoms with Gasteiger partial charge in [0.2, 0.25) is 0 Å². The molecule has 0 aliphatic carbocycles. The number of pyridine rings is 1. The lowest BCUT2D eigenvalue weighted by atomic mass is 10.0. The van der Waals surface area contributed by atoms with Crippen LogP contribution in [0.4, 0.5) is 0 Å². The summed E-state index contributed by atoms with van der Waals surface area (Å²) in [5.41, 5.74) is 5.74. The molecule has 0 saturated carbocycles. The monoisotopic (exact) mass is 370 g/mol. The topological polar surface area (TPSA) is 103 Å². The largest absolute Gasteiger partial charge is 0.477 e. The van der Waals surface area contributed by atoms with Crippen LogP contribution < -0.4 is 0 Å². The lowest BCUT2D eigenvalue weighted by Crippen LogP contribution is -2.08. The number of hydrogen-bond donors (Lipinski definition) is 1. The molecule has 0 fully saturated rings. The molecule has 6 heteroatoms. The molecule has 28 heavy (non-hydrogen) atoms. The van der Waals surface area contributed by atoms with Gasteiger partial charge in [-0.2, -0.15) is 10.5 Å². The summed E-state index contributed by atoms with van der Waals surface area (Å²) in [5.74, 6) is -1.06. The lowest BCUT2D eigenvalue weighted by molar-refractivity contribution is 0.0689. The Bertz CT molecular complexity index is 1160. The van der Waals surface area contributed by atoms with Gasteiger partial charge in [-0.05, 0) is 49.6 Å². The average Bonchev–Trinajstić information content (AvgIpc) is 2.96. The van der Waals surface area contributed by atoms with Crippen molar-refractivity contribution in [3.8, 4) is 29.0 Å². The van der Waals surface area contributed by atoms with E-state index in [2.05, 4.69) is 17.1 Å². The molecule has 3 aromatic rings. The van der Waals surface area contributed by atoms with Crippen LogP contribution in [-0.2, 0) is 6.42 Å². The van der Waals surface area contributed by atoms with Gasteiger partial charge < -0.3 is 9.67 Å². The van der Waals surface area contributed by atoms with Crippen molar-refractivity contribution in [1.82, 2.24) is 9.55 Å². The summed E-state index contributed by atoms with van der Waals surface area (Å²) in [6.45, 7) is 5.65. The summed E-state index contributed by atoms with van der Waals surface area (Å²) < 4.78 is 1.92. The zero-order valence-corrected chi connectivity index (χ0v) is 15.8. The molecule has 0 atom stereocenters. The fraction of sp³-hybridized carbons (Fsp3) is 0.182. The van der Waals surface area contributed by atoms with E-state index >= 15 is 0 Å². The highest BCUT2D eigenvalue weighted by atomic mass is 16.4. The predicted octanol–water partition coefficient (Wildman–Crippen LogP) is 4.16. The Morgan fingerprint density at radius 2 is 1.82 bits per heavy atom.